The molecule has 0 bridgehead atoms. The van der Waals surface area contributed by atoms with Crippen LogP contribution in [-0.2, 0) is 0 Å². The van der Waals surface area contributed by atoms with Crippen molar-refractivity contribution in [1.29, 1.82) is 0 Å². The average Bonchev–Trinajstić information content (AvgIpc) is 2.87. The molecule has 1 fully saturated rings. The molecule has 2 N–H and O–H groups in total. The van der Waals surface area contributed by atoms with Crippen LogP contribution in [0.15, 0.2) is 36.4 Å². The van der Waals surface area contributed by atoms with Crippen molar-refractivity contribution < 1.29 is 4.79 Å². The Bertz CT molecular complexity index is 640. The van der Waals surface area contributed by atoms with Gasteiger partial charge >= 0.3 is 0 Å². The zero-order valence-electron chi connectivity index (χ0n) is 11.6. The Morgan fingerprint density at radius 3 is 2.90 bits per heavy atom. The van der Waals surface area contributed by atoms with Crippen LogP contribution >= 0.6 is 0 Å². The van der Waals surface area contributed by atoms with E-state index in [1.165, 1.54) is 0 Å². The molecule has 4 nitrogen and oxygen atoms in total. The minimum absolute atomic E-state index is 0.0132. The number of aromatic nitrogens is 1. The highest BCUT2D eigenvalue weighted by Crippen LogP contribution is 2.24. The lowest BCUT2D eigenvalue weighted by Gasteiger charge is -2.21. The molecule has 0 radical (unpaired) electrons. The average molecular weight is 269 g/mol. The maximum atomic E-state index is 12.6. The van der Waals surface area contributed by atoms with Gasteiger partial charge in [-0.15, -0.1) is 0 Å². The first-order valence-electron chi connectivity index (χ1n) is 7.06. The van der Waals surface area contributed by atoms with Crippen molar-refractivity contribution in [2.24, 2.45) is 11.7 Å². The highest BCUT2D eigenvalue weighted by molar-refractivity contribution is 5.95. The third-order valence-corrected chi connectivity index (χ3v) is 4.07. The summed E-state index contributed by atoms with van der Waals surface area (Å²) < 4.78 is 0. The zero-order valence-corrected chi connectivity index (χ0v) is 11.6. The second-order valence-electron chi connectivity index (χ2n) is 5.53. The molecule has 20 heavy (non-hydrogen) atoms. The minimum atomic E-state index is 0.0132. The first kappa shape index (κ1) is 13.1. The molecule has 3 rings (SSSR count). The quantitative estimate of drug-likeness (QED) is 0.907. The first-order valence-corrected chi connectivity index (χ1v) is 7.06. The fraction of sp³-hybridized carbons (Fsp3) is 0.375. The SMILES string of the molecule is CC1CC(CN)CN1C(=O)c1ccc2ccccc2n1. The largest absolute Gasteiger partial charge is 0.334 e. The Balaban J connectivity index is 1.89. The zero-order chi connectivity index (χ0) is 14.1. The number of nitrogens with two attached hydrogens (primary N) is 1. The van der Waals surface area contributed by atoms with Gasteiger partial charge in [0.05, 0.1) is 5.52 Å². The van der Waals surface area contributed by atoms with Crippen LogP contribution in [0.4, 0.5) is 0 Å². The topological polar surface area (TPSA) is 59.2 Å². The number of fused-ring (bicyclic) bond motifs is 1. The van der Waals surface area contributed by atoms with Gasteiger partial charge in [0.25, 0.3) is 5.91 Å². The highest BCUT2D eigenvalue weighted by Gasteiger charge is 2.32. The van der Waals surface area contributed by atoms with Crippen molar-refractivity contribution in [3.8, 4) is 0 Å². The van der Waals surface area contributed by atoms with Gasteiger partial charge < -0.3 is 10.6 Å². The molecule has 1 aliphatic heterocycles. The maximum absolute atomic E-state index is 12.6. The predicted octanol–water partition coefficient (Wildman–Crippen LogP) is 2.04. The number of benzene rings is 1. The molecule has 2 atom stereocenters. The number of hydrogen-bond acceptors (Lipinski definition) is 3. The summed E-state index contributed by atoms with van der Waals surface area (Å²) >= 11 is 0. The molecule has 2 heterocycles. The maximum Gasteiger partial charge on any atom is 0.272 e. The molecule has 0 aliphatic carbocycles. The van der Waals surface area contributed by atoms with E-state index in [4.69, 9.17) is 5.73 Å². The van der Waals surface area contributed by atoms with Crippen LogP contribution < -0.4 is 5.73 Å². The summed E-state index contributed by atoms with van der Waals surface area (Å²) in [5.41, 5.74) is 7.10. The Kier molecular flexibility index (Phi) is 3.40. The Morgan fingerprint density at radius 2 is 2.15 bits per heavy atom. The number of pyridine rings is 1. The number of carbonyl (C=O) groups excluding carboxylic acids is 1. The number of para-hydroxylation sites is 1. The molecule has 2 aromatic rings. The van der Waals surface area contributed by atoms with Gasteiger partial charge in [-0.25, -0.2) is 4.98 Å². The van der Waals surface area contributed by atoms with E-state index >= 15 is 0 Å². The highest BCUT2D eigenvalue weighted by atomic mass is 16.2. The molecule has 2 unspecified atom stereocenters. The van der Waals surface area contributed by atoms with Gasteiger partial charge in [0.15, 0.2) is 0 Å². The smallest absolute Gasteiger partial charge is 0.272 e. The number of nitrogens with zero attached hydrogens (tertiary/aromatic N) is 2. The Hall–Kier alpha value is -1.94. The molecular formula is C16H19N3O. The lowest BCUT2D eigenvalue weighted by atomic mass is 10.1. The van der Waals surface area contributed by atoms with Crippen molar-refractivity contribution in [2.45, 2.75) is 19.4 Å². The number of likely N-dealkylation sites (tertiary alicyclic amines) is 1. The summed E-state index contributed by atoms with van der Waals surface area (Å²) in [7, 11) is 0. The third kappa shape index (κ3) is 2.27. The van der Waals surface area contributed by atoms with Gasteiger partial charge in [-0.1, -0.05) is 24.3 Å². The second kappa shape index (κ2) is 5.21. The summed E-state index contributed by atoms with van der Waals surface area (Å²) in [6.45, 7) is 3.46. The Labute approximate surface area is 118 Å². The number of hydrogen-bond donors (Lipinski definition) is 1. The van der Waals surface area contributed by atoms with E-state index in [9.17, 15) is 4.79 Å². The van der Waals surface area contributed by atoms with Crippen molar-refractivity contribution in [1.82, 2.24) is 9.88 Å². The van der Waals surface area contributed by atoms with Crippen LogP contribution in [0.1, 0.15) is 23.8 Å². The van der Waals surface area contributed by atoms with Crippen LogP contribution in [0.25, 0.3) is 10.9 Å². The third-order valence-electron chi connectivity index (χ3n) is 4.07. The standard InChI is InChI=1S/C16H19N3O/c1-11-8-12(9-17)10-19(11)16(20)15-7-6-13-4-2-3-5-14(13)18-15/h2-7,11-12H,8-10,17H2,1H3. The number of amides is 1. The van der Waals surface area contributed by atoms with Crippen molar-refractivity contribution in [3.63, 3.8) is 0 Å². The molecule has 1 saturated heterocycles. The van der Waals surface area contributed by atoms with E-state index in [0.29, 0.717) is 18.2 Å². The molecular weight excluding hydrogens is 250 g/mol. The molecule has 104 valence electrons. The van der Waals surface area contributed by atoms with Crippen molar-refractivity contribution in [3.05, 3.63) is 42.1 Å². The first-order chi connectivity index (χ1) is 9.69. The van der Waals surface area contributed by atoms with E-state index in [1.54, 1.807) is 0 Å². The van der Waals surface area contributed by atoms with E-state index < -0.39 is 0 Å². The molecule has 1 aliphatic rings. The number of rotatable bonds is 2. The predicted molar refractivity (Wildman–Crippen MR) is 79.4 cm³/mol. The molecule has 4 heteroatoms. The molecule has 1 aromatic heterocycles. The van der Waals surface area contributed by atoms with E-state index in [1.807, 2.05) is 41.3 Å². The molecule has 1 amide bonds. The van der Waals surface area contributed by atoms with Gasteiger partial charge in [0.1, 0.15) is 5.69 Å². The van der Waals surface area contributed by atoms with Crippen LogP contribution in [-0.4, -0.2) is 34.9 Å². The lowest BCUT2D eigenvalue weighted by Crippen LogP contribution is -2.34. The second-order valence-corrected chi connectivity index (χ2v) is 5.53. The van der Waals surface area contributed by atoms with Gasteiger partial charge in [-0.2, -0.15) is 0 Å². The molecule has 0 saturated carbocycles. The van der Waals surface area contributed by atoms with Crippen LogP contribution in [0, 0.1) is 5.92 Å². The summed E-state index contributed by atoms with van der Waals surface area (Å²) in [6.07, 6.45) is 0.982. The number of carbonyl (C=O) groups is 1. The summed E-state index contributed by atoms with van der Waals surface area (Å²) in [5, 5.41) is 1.05. The van der Waals surface area contributed by atoms with Gasteiger partial charge in [-0.05, 0) is 37.9 Å². The van der Waals surface area contributed by atoms with Gasteiger partial charge in [-0.3, -0.25) is 4.79 Å². The monoisotopic (exact) mass is 269 g/mol. The minimum Gasteiger partial charge on any atom is -0.334 e. The van der Waals surface area contributed by atoms with Gasteiger partial charge in [0, 0.05) is 18.0 Å². The van der Waals surface area contributed by atoms with Crippen molar-refractivity contribution >= 4 is 16.8 Å². The fourth-order valence-corrected chi connectivity index (χ4v) is 2.93. The van der Waals surface area contributed by atoms with Gasteiger partial charge in [0.2, 0.25) is 0 Å². The van der Waals surface area contributed by atoms with Crippen LogP contribution in [0.2, 0.25) is 0 Å². The summed E-state index contributed by atoms with van der Waals surface area (Å²) in [4.78, 5) is 19.0. The summed E-state index contributed by atoms with van der Waals surface area (Å²) in [6, 6.07) is 11.8. The summed E-state index contributed by atoms with van der Waals surface area (Å²) in [5.74, 6) is 0.425. The fourth-order valence-electron chi connectivity index (χ4n) is 2.93. The van der Waals surface area contributed by atoms with Crippen LogP contribution in [0.3, 0.4) is 0 Å². The van der Waals surface area contributed by atoms with E-state index in [0.717, 1.165) is 23.9 Å². The van der Waals surface area contributed by atoms with Crippen LogP contribution in [0.5, 0.6) is 0 Å². The lowest BCUT2D eigenvalue weighted by molar-refractivity contribution is 0.0738. The Morgan fingerprint density at radius 1 is 1.35 bits per heavy atom. The molecule has 0 spiro atoms. The van der Waals surface area contributed by atoms with E-state index in [2.05, 4.69) is 11.9 Å². The normalized spacial score (nSPS) is 22.4. The van der Waals surface area contributed by atoms with Crippen molar-refractivity contribution in [2.75, 3.05) is 13.1 Å². The van der Waals surface area contributed by atoms with E-state index in [-0.39, 0.29) is 11.9 Å². The molecule has 1 aromatic carbocycles.